The lowest BCUT2D eigenvalue weighted by molar-refractivity contribution is -0.387. The van der Waals surface area contributed by atoms with E-state index in [4.69, 9.17) is 0 Å². The lowest BCUT2D eigenvalue weighted by Gasteiger charge is -2.33. The summed E-state index contributed by atoms with van der Waals surface area (Å²) in [7, 11) is 2.04. The fraction of sp³-hybridized carbons (Fsp3) is 0.455. The van der Waals surface area contributed by atoms with Crippen LogP contribution in [0.4, 0.5) is 15.8 Å². The molecule has 1 aromatic carbocycles. The molecule has 0 saturated carbocycles. The van der Waals surface area contributed by atoms with Gasteiger partial charge in [0.2, 0.25) is 5.82 Å². The number of likely N-dealkylation sites (N-methyl/N-ethyl adjacent to an activating group) is 1. The van der Waals surface area contributed by atoms with Gasteiger partial charge in [0.15, 0.2) is 0 Å². The lowest BCUT2D eigenvalue weighted by Crippen LogP contribution is -2.44. The smallest absolute Gasteiger partial charge is 0.304 e. The minimum atomic E-state index is -0.772. The Hall–Kier alpha value is -1.69. The van der Waals surface area contributed by atoms with Gasteiger partial charge in [-0.15, -0.1) is 0 Å². The van der Waals surface area contributed by atoms with E-state index < -0.39 is 16.4 Å². The van der Waals surface area contributed by atoms with E-state index in [0.29, 0.717) is 5.69 Å². The molecule has 6 heteroatoms. The average Bonchev–Trinajstić information content (AvgIpc) is 2.29. The van der Waals surface area contributed by atoms with Crippen molar-refractivity contribution in [2.45, 2.75) is 0 Å². The van der Waals surface area contributed by atoms with E-state index in [1.165, 1.54) is 12.1 Å². The summed E-state index contributed by atoms with van der Waals surface area (Å²) in [6, 6.07) is 4.07. The maximum absolute atomic E-state index is 13.5. The molecule has 1 aliphatic rings. The monoisotopic (exact) mass is 239 g/mol. The first kappa shape index (κ1) is 11.8. The summed E-state index contributed by atoms with van der Waals surface area (Å²) in [4.78, 5) is 14.0. The van der Waals surface area contributed by atoms with Crippen molar-refractivity contribution in [2.75, 3.05) is 38.1 Å². The van der Waals surface area contributed by atoms with Gasteiger partial charge in [-0.25, -0.2) is 0 Å². The molecular weight excluding hydrogens is 225 g/mol. The highest BCUT2D eigenvalue weighted by molar-refractivity contribution is 5.52. The van der Waals surface area contributed by atoms with E-state index in [9.17, 15) is 14.5 Å². The molecule has 2 rings (SSSR count). The second-order valence-corrected chi connectivity index (χ2v) is 4.18. The first-order chi connectivity index (χ1) is 8.08. The standard InChI is InChI=1S/C11H14FN3O2/c1-13-4-6-14(7-5-13)9-2-3-11(15(16)17)10(12)8-9/h2-3,8H,4-7H2,1H3. The molecule has 0 amide bonds. The summed E-state index contributed by atoms with van der Waals surface area (Å²) >= 11 is 0. The Kier molecular flexibility index (Phi) is 3.23. The molecule has 0 atom stereocenters. The van der Waals surface area contributed by atoms with Crippen molar-refractivity contribution in [1.82, 2.24) is 4.90 Å². The van der Waals surface area contributed by atoms with Gasteiger partial charge in [0, 0.05) is 44.0 Å². The number of nitrogens with zero attached hydrogens (tertiary/aromatic N) is 3. The van der Waals surface area contributed by atoms with Crippen molar-refractivity contribution < 1.29 is 9.31 Å². The molecule has 1 saturated heterocycles. The van der Waals surface area contributed by atoms with Crippen LogP contribution in [0.2, 0.25) is 0 Å². The molecule has 0 bridgehead atoms. The highest BCUT2D eigenvalue weighted by Crippen LogP contribution is 2.24. The zero-order valence-corrected chi connectivity index (χ0v) is 9.60. The first-order valence-electron chi connectivity index (χ1n) is 5.45. The quantitative estimate of drug-likeness (QED) is 0.579. The number of rotatable bonds is 2. The van der Waals surface area contributed by atoms with Crippen LogP contribution in [0.1, 0.15) is 0 Å². The Morgan fingerprint density at radius 2 is 1.94 bits per heavy atom. The summed E-state index contributed by atoms with van der Waals surface area (Å²) in [5, 5.41) is 10.5. The van der Waals surface area contributed by atoms with Crippen molar-refractivity contribution in [3.63, 3.8) is 0 Å². The molecule has 0 radical (unpaired) electrons. The fourth-order valence-corrected chi connectivity index (χ4v) is 1.91. The predicted molar refractivity (Wildman–Crippen MR) is 62.8 cm³/mol. The molecule has 92 valence electrons. The van der Waals surface area contributed by atoms with E-state index in [2.05, 4.69) is 4.90 Å². The number of halogens is 1. The minimum Gasteiger partial charge on any atom is -0.369 e. The van der Waals surface area contributed by atoms with Crippen molar-refractivity contribution in [3.8, 4) is 0 Å². The zero-order chi connectivity index (χ0) is 12.4. The van der Waals surface area contributed by atoms with Crippen LogP contribution in [0, 0.1) is 15.9 Å². The third-order valence-electron chi connectivity index (χ3n) is 3.00. The van der Waals surface area contributed by atoms with E-state index in [0.717, 1.165) is 26.2 Å². The third-order valence-corrected chi connectivity index (χ3v) is 3.00. The van der Waals surface area contributed by atoms with Gasteiger partial charge in [-0.05, 0) is 13.1 Å². The number of hydrogen-bond acceptors (Lipinski definition) is 4. The van der Waals surface area contributed by atoms with E-state index in [1.54, 1.807) is 6.07 Å². The molecule has 1 heterocycles. The van der Waals surface area contributed by atoms with E-state index in [1.807, 2.05) is 11.9 Å². The normalized spacial score (nSPS) is 17.2. The second kappa shape index (κ2) is 4.67. The molecule has 5 nitrogen and oxygen atoms in total. The zero-order valence-electron chi connectivity index (χ0n) is 9.60. The van der Waals surface area contributed by atoms with Gasteiger partial charge in [-0.2, -0.15) is 4.39 Å². The number of hydrogen-bond donors (Lipinski definition) is 0. The van der Waals surface area contributed by atoms with Crippen molar-refractivity contribution in [2.24, 2.45) is 0 Å². The lowest BCUT2D eigenvalue weighted by atomic mass is 10.2. The Morgan fingerprint density at radius 3 is 2.47 bits per heavy atom. The van der Waals surface area contributed by atoms with Gasteiger partial charge in [-0.1, -0.05) is 0 Å². The molecule has 0 unspecified atom stereocenters. The number of nitro groups is 1. The van der Waals surface area contributed by atoms with Crippen molar-refractivity contribution >= 4 is 11.4 Å². The van der Waals surface area contributed by atoms with Crippen LogP contribution in [-0.4, -0.2) is 43.0 Å². The fourth-order valence-electron chi connectivity index (χ4n) is 1.91. The van der Waals surface area contributed by atoms with Crippen LogP contribution in [0.15, 0.2) is 18.2 Å². The summed E-state index contributed by atoms with van der Waals surface area (Å²) in [6.07, 6.45) is 0. The molecule has 1 aliphatic heterocycles. The van der Waals surface area contributed by atoms with Gasteiger partial charge in [0.05, 0.1) is 4.92 Å². The summed E-state index contributed by atoms with van der Waals surface area (Å²) in [6.45, 7) is 3.46. The maximum Gasteiger partial charge on any atom is 0.304 e. The Labute approximate surface area is 98.6 Å². The van der Waals surface area contributed by atoms with Crippen molar-refractivity contribution in [1.29, 1.82) is 0 Å². The van der Waals surface area contributed by atoms with Crippen LogP contribution in [-0.2, 0) is 0 Å². The van der Waals surface area contributed by atoms with Crippen molar-refractivity contribution in [3.05, 3.63) is 34.1 Å². The number of piperazine rings is 1. The van der Waals surface area contributed by atoms with Gasteiger partial charge in [0.25, 0.3) is 0 Å². The molecule has 1 aromatic rings. The maximum atomic E-state index is 13.5. The molecular formula is C11H14FN3O2. The molecule has 0 aliphatic carbocycles. The van der Waals surface area contributed by atoms with Gasteiger partial charge < -0.3 is 9.80 Å². The highest BCUT2D eigenvalue weighted by atomic mass is 19.1. The van der Waals surface area contributed by atoms with Crippen LogP contribution in [0.5, 0.6) is 0 Å². The molecule has 0 aromatic heterocycles. The highest BCUT2D eigenvalue weighted by Gasteiger charge is 2.18. The van der Waals surface area contributed by atoms with Crippen LogP contribution >= 0.6 is 0 Å². The predicted octanol–water partition coefficient (Wildman–Crippen LogP) is 1.49. The van der Waals surface area contributed by atoms with Gasteiger partial charge in [0.1, 0.15) is 0 Å². The summed E-state index contributed by atoms with van der Waals surface area (Å²) in [5.74, 6) is -0.772. The third kappa shape index (κ3) is 2.52. The Balaban J connectivity index is 2.17. The number of nitro benzene ring substituents is 1. The second-order valence-electron chi connectivity index (χ2n) is 4.18. The van der Waals surface area contributed by atoms with Gasteiger partial charge >= 0.3 is 5.69 Å². The Bertz CT molecular complexity index is 431. The van der Waals surface area contributed by atoms with E-state index in [-0.39, 0.29) is 0 Å². The molecule has 1 fully saturated rings. The molecule has 17 heavy (non-hydrogen) atoms. The molecule has 0 spiro atoms. The molecule has 0 N–H and O–H groups in total. The summed E-state index contributed by atoms with van der Waals surface area (Å²) < 4.78 is 13.5. The minimum absolute atomic E-state index is 0.470. The summed E-state index contributed by atoms with van der Waals surface area (Å²) in [5.41, 5.74) is 0.240. The van der Waals surface area contributed by atoms with Crippen LogP contribution in [0.25, 0.3) is 0 Å². The average molecular weight is 239 g/mol. The van der Waals surface area contributed by atoms with Crippen LogP contribution in [0.3, 0.4) is 0 Å². The number of anilines is 1. The van der Waals surface area contributed by atoms with Crippen LogP contribution < -0.4 is 4.90 Å². The Morgan fingerprint density at radius 1 is 1.29 bits per heavy atom. The largest absolute Gasteiger partial charge is 0.369 e. The van der Waals surface area contributed by atoms with E-state index >= 15 is 0 Å². The number of benzene rings is 1. The SMILES string of the molecule is CN1CCN(c2ccc([N+](=O)[O-])c(F)c2)CC1. The first-order valence-corrected chi connectivity index (χ1v) is 5.45. The topological polar surface area (TPSA) is 49.6 Å². The van der Waals surface area contributed by atoms with Gasteiger partial charge in [-0.3, -0.25) is 10.1 Å².